The fourth-order valence-corrected chi connectivity index (χ4v) is 3.38. The maximum Gasteiger partial charge on any atom is 0.271 e. The number of rotatable bonds is 6. The van der Waals surface area contributed by atoms with E-state index in [1.807, 2.05) is 35.0 Å². The minimum Gasteiger partial charge on any atom is -0.347 e. The van der Waals surface area contributed by atoms with Crippen LogP contribution in [0.15, 0.2) is 49.2 Å². The average molecular weight is 397 g/mol. The van der Waals surface area contributed by atoms with E-state index in [2.05, 4.69) is 25.2 Å². The number of imidazole rings is 1. The second kappa shape index (κ2) is 8.39. The van der Waals surface area contributed by atoms with Crippen LogP contribution in [0.1, 0.15) is 34.5 Å². The van der Waals surface area contributed by atoms with Crippen molar-refractivity contribution < 1.29 is 4.79 Å². The highest BCUT2D eigenvalue weighted by Gasteiger charge is 2.19. The van der Waals surface area contributed by atoms with E-state index in [1.54, 1.807) is 12.5 Å². The number of hydrogen-bond acceptors (Lipinski definition) is 5. The molecule has 0 bridgehead atoms. The minimum atomic E-state index is -0.296. The largest absolute Gasteiger partial charge is 0.347 e. The van der Waals surface area contributed by atoms with Crippen LogP contribution < -0.4 is 10.2 Å². The van der Waals surface area contributed by atoms with Gasteiger partial charge < -0.3 is 14.8 Å². The standard InChI is InChI=1S/C20H21ClN6O/c21-17-12-24-20(27-8-1-2-9-27)25-18(17)19(28)23-11-15-3-5-16(6-4-15)13-26-10-7-22-14-26/h3-7,10,12,14H,1-2,8-9,11,13H2,(H,23,28). The van der Waals surface area contributed by atoms with E-state index in [1.165, 1.54) is 11.8 Å². The molecule has 1 amide bonds. The predicted molar refractivity (Wildman–Crippen MR) is 107 cm³/mol. The summed E-state index contributed by atoms with van der Waals surface area (Å²) >= 11 is 6.16. The number of benzene rings is 1. The molecule has 0 saturated carbocycles. The zero-order chi connectivity index (χ0) is 19.3. The second-order valence-electron chi connectivity index (χ2n) is 6.79. The van der Waals surface area contributed by atoms with Gasteiger partial charge in [0, 0.05) is 38.6 Å². The number of nitrogens with zero attached hydrogens (tertiary/aromatic N) is 5. The molecule has 1 saturated heterocycles. The van der Waals surface area contributed by atoms with E-state index in [0.29, 0.717) is 12.5 Å². The summed E-state index contributed by atoms with van der Waals surface area (Å²) in [6, 6.07) is 8.10. The Balaban J connectivity index is 1.38. The smallest absolute Gasteiger partial charge is 0.271 e. The van der Waals surface area contributed by atoms with Gasteiger partial charge in [-0.1, -0.05) is 35.9 Å². The minimum absolute atomic E-state index is 0.218. The van der Waals surface area contributed by atoms with Crippen molar-refractivity contribution in [3.05, 3.63) is 71.0 Å². The lowest BCUT2D eigenvalue weighted by molar-refractivity contribution is 0.0946. The molecule has 3 heterocycles. The first kappa shape index (κ1) is 18.4. The summed E-state index contributed by atoms with van der Waals surface area (Å²) in [5.41, 5.74) is 2.39. The van der Waals surface area contributed by atoms with Crippen LogP contribution in [0, 0.1) is 0 Å². The Bertz CT molecular complexity index is 936. The number of nitrogens with one attached hydrogen (secondary N) is 1. The van der Waals surface area contributed by atoms with Crippen LogP contribution in [0.2, 0.25) is 5.02 Å². The van der Waals surface area contributed by atoms with Gasteiger partial charge >= 0.3 is 0 Å². The first-order chi connectivity index (χ1) is 13.7. The van der Waals surface area contributed by atoms with Crippen molar-refractivity contribution in [2.24, 2.45) is 0 Å². The van der Waals surface area contributed by atoms with E-state index >= 15 is 0 Å². The maximum absolute atomic E-state index is 12.6. The van der Waals surface area contributed by atoms with Crippen LogP contribution in [0.5, 0.6) is 0 Å². The number of carbonyl (C=O) groups is 1. The molecule has 7 nitrogen and oxygen atoms in total. The van der Waals surface area contributed by atoms with Gasteiger partial charge in [0.1, 0.15) is 0 Å². The summed E-state index contributed by atoms with van der Waals surface area (Å²) in [7, 11) is 0. The monoisotopic (exact) mass is 396 g/mol. The van der Waals surface area contributed by atoms with E-state index in [-0.39, 0.29) is 16.6 Å². The molecule has 1 N–H and O–H groups in total. The maximum atomic E-state index is 12.6. The van der Waals surface area contributed by atoms with E-state index in [4.69, 9.17) is 11.6 Å². The SMILES string of the molecule is O=C(NCc1ccc(Cn2ccnc2)cc1)c1nc(N2CCCC2)ncc1Cl. The van der Waals surface area contributed by atoms with Crippen LogP contribution in [-0.4, -0.2) is 38.5 Å². The summed E-state index contributed by atoms with van der Waals surface area (Å²) in [5.74, 6) is 0.270. The Morgan fingerprint density at radius 2 is 1.89 bits per heavy atom. The third-order valence-corrected chi connectivity index (χ3v) is 5.01. The molecule has 3 aromatic rings. The highest BCUT2D eigenvalue weighted by molar-refractivity contribution is 6.33. The lowest BCUT2D eigenvalue weighted by Gasteiger charge is -2.16. The van der Waals surface area contributed by atoms with E-state index in [9.17, 15) is 4.79 Å². The van der Waals surface area contributed by atoms with Gasteiger partial charge in [0.25, 0.3) is 5.91 Å². The lowest BCUT2D eigenvalue weighted by atomic mass is 10.1. The number of carbonyl (C=O) groups excluding carboxylic acids is 1. The zero-order valence-corrected chi connectivity index (χ0v) is 16.1. The molecule has 0 unspecified atom stereocenters. The Labute approximate surface area is 168 Å². The number of amides is 1. The van der Waals surface area contributed by atoms with Crippen molar-refractivity contribution in [3.63, 3.8) is 0 Å². The summed E-state index contributed by atoms with van der Waals surface area (Å²) in [5, 5.41) is 3.15. The average Bonchev–Trinajstić information content (AvgIpc) is 3.42. The first-order valence-electron chi connectivity index (χ1n) is 9.28. The summed E-state index contributed by atoms with van der Waals surface area (Å²) in [4.78, 5) is 27.3. The van der Waals surface area contributed by atoms with Crippen LogP contribution in [0.3, 0.4) is 0 Å². The molecule has 0 radical (unpaired) electrons. The van der Waals surface area contributed by atoms with Gasteiger partial charge in [-0.25, -0.2) is 15.0 Å². The van der Waals surface area contributed by atoms with Crippen molar-refractivity contribution >= 4 is 23.5 Å². The Morgan fingerprint density at radius 3 is 2.61 bits per heavy atom. The Hall–Kier alpha value is -2.93. The Morgan fingerprint density at radius 1 is 1.14 bits per heavy atom. The van der Waals surface area contributed by atoms with Crippen LogP contribution >= 0.6 is 11.6 Å². The third-order valence-electron chi connectivity index (χ3n) is 4.74. The van der Waals surface area contributed by atoms with Crippen LogP contribution in [-0.2, 0) is 13.1 Å². The number of aromatic nitrogens is 4. The summed E-state index contributed by atoms with van der Waals surface area (Å²) in [6.07, 6.45) is 9.21. The topological polar surface area (TPSA) is 75.9 Å². The van der Waals surface area contributed by atoms with Gasteiger partial charge in [-0.3, -0.25) is 4.79 Å². The molecule has 4 rings (SSSR count). The molecule has 144 valence electrons. The third kappa shape index (κ3) is 4.31. The molecule has 1 fully saturated rings. The van der Waals surface area contributed by atoms with Crippen molar-refractivity contribution in [3.8, 4) is 0 Å². The highest BCUT2D eigenvalue weighted by Crippen LogP contribution is 2.20. The first-order valence-corrected chi connectivity index (χ1v) is 9.66. The van der Waals surface area contributed by atoms with E-state index < -0.39 is 0 Å². The molecular weight excluding hydrogens is 376 g/mol. The van der Waals surface area contributed by atoms with Crippen molar-refractivity contribution in [2.45, 2.75) is 25.9 Å². The van der Waals surface area contributed by atoms with E-state index in [0.717, 1.165) is 38.0 Å². The molecule has 1 aliphatic rings. The summed E-state index contributed by atoms with van der Waals surface area (Å²) < 4.78 is 2.01. The van der Waals surface area contributed by atoms with Gasteiger partial charge in [-0.2, -0.15) is 0 Å². The fraction of sp³-hybridized carbons (Fsp3) is 0.300. The highest BCUT2D eigenvalue weighted by atomic mass is 35.5. The molecule has 1 aromatic carbocycles. The molecule has 0 aliphatic carbocycles. The van der Waals surface area contributed by atoms with Gasteiger partial charge in [0.15, 0.2) is 5.69 Å². The van der Waals surface area contributed by atoms with Crippen molar-refractivity contribution in [1.82, 2.24) is 24.8 Å². The lowest BCUT2D eigenvalue weighted by Crippen LogP contribution is -2.26. The number of halogens is 1. The number of anilines is 1. The molecular formula is C20H21ClN6O. The predicted octanol–water partition coefficient (Wildman–Crippen LogP) is 2.91. The molecule has 1 aliphatic heterocycles. The zero-order valence-electron chi connectivity index (χ0n) is 15.4. The van der Waals surface area contributed by atoms with Gasteiger partial charge in [-0.05, 0) is 24.0 Å². The molecule has 0 spiro atoms. The van der Waals surface area contributed by atoms with Gasteiger partial charge in [0.2, 0.25) is 5.95 Å². The fourth-order valence-electron chi connectivity index (χ4n) is 3.21. The molecule has 28 heavy (non-hydrogen) atoms. The van der Waals surface area contributed by atoms with Crippen molar-refractivity contribution in [2.75, 3.05) is 18.0 Å². The van der Waals surface area contributed by atoms with Crippen molar-refractivity contribution in [1.29, 1.82) is 0 Å². The molecule has 8 heteroatoms. The normalized spacial score (nSPS) is 13.7. The van der Waals surface area contributed by atoms with Gasteiger partial charge in [0.05, 0.1) is 17.5 Å². The second-order valence-corrected chi connectivity index (χ2v) is 7.20. The van der Waals surface area contributed by atoms with Crippen LogP contribution in [0.25, 0.3) is 0 Å². The van der Waals surface area contributed by atoms with Gasteiger partial charge in [-0.15, -0.1) is 0 Å². The molecule has 2 aromatic heterocycles. The number of hydrogen-bond donors (Lipinski definition) is 1. The van der Waals surface area contributed by atoms with Crippen LogP contribution in [0.4, 0.5) is 5.95 Å². The summed E-state index contributed by atoms with van der Waals surface area (Å²) in [6.45, 7) is 2.99. The Kier molecular flexibility index (Phi) is 5.53. The quantitative estimate of drug-likeness (QED) is 0.693. The molecule has 0 atom stereocenters.